The Bertz CT molecular complexity index is 402. The molecule has 94 valence electrons. The van der Waals surface area contributed by atoms with Crippen LogP contribution in [0.5, 0.6) is 0 Å². The molecule has 0 aromatic carbocycles. The number of nitrogens with zero attached hydrogens (tertiary/aromatic N) is 1. The van der Waals surface area contributed by atoms with E-state index in [9.17, 15) is 9.18 Å². The summed E-state index contributed by atoms with van der Waals surface area (Å²) in [4.78, 5) is 15.2. The summed E-state index contributed by atoms with van der Waals surface area (Å²) in [6.45, 7) is 8.83. The molecule has 0 aliphatic rings. The van der Waals surface area contributed by atoms with Crippen molar-refractivity contribution >= 4 is 5.91 Å². The van der Waals surface area contributed by atoms with Crippen LogP contribution < -0.4 is 5.32 Å². The van der Waals surface area contributed by atoms with Gasteiger partial charge in [0.2, 0.25) is 5.95 Å². The van der Waals surface area contributed by atoms with Gasteiger partial charge in [-0.05, 0) is 23.5 Å². The van der Waals surface area contributed by atoms with Crippen molar-refractivity contribution in [2.75, 3.05) is 6.54 Å². The zero-order valence-electron chi connectivity index (χ0n) is 10.7. The van der Waals surface area contributed by atoms with Gasteiger partial charge in [-0.25, -0.2) is 4.98 Å². The fraction of sp³-hybridized carbons (Fsp3) is 0.538. The average molecular weight is 238 g/mol. The fourth-order valence-corrected chi connectivity index (χ4v) is 1.16. The Morgan fingerprint density at radius 1 is 1.53 bits per heavy atom. The van der Waals surface area contributed by atoms with Gasteiger partial charge in [-0.15, -0.1) is 0 Å². The zero-order valence-corrected chi connectivity index (χ0v) is 10.7. The lowest BCUT2D eigenvalue weighted by Gasteiger charge is -2.29. The molecule has 0 saturated carbocycles. The van der Waals surface area contributed by atoms with Crippen LogP contribution in [0.1, 0.15) is 38.1 Å². The summed E-state index contributed by atoms with van der Waals surface area (Å²) in [5, 5.41) is 2.74. The SMILES string of the molecule is CC(C)C(C)(C)CNC(=O)c1cccnc1F. The van der Waals surface area contributed by atoms with Crippen LogP contribution in [-0.2, 0) is 0 Å². The second kappa shape index (κ2) is 5.25. The largest absolute Gasteiger partial charge is 0.351 e. The highest BCUT2D eigenvalue weighted by Crippen LogP contribution is 2.24. The molecule has 1 N–H and O–H groups in total. The second-order valence-electron chi connectivity index (χ2n) is 5.17. The molecule has 3 nitrogen and oxygen atoms in total. The van der Waals surface area contributed by atoms with Gasteiger partial charge >= 0.3 is 0 Å². The summed E-state index contributed by atoms with van der Waals surface area (Å²) in [5.41, 5.74) is -0.0269. The molecule has 0 saturated heterocycles. The molecular formula is C13H19FN2O. The quantitative estimate of drug-likeness (QED) is 0.819. The normalized spacial score (nSPS) is 11.6. The molecule has 0 atom stereocenters. The lowest BCUT2D eigenvalue weighted by molar-refractivity contribution is 0.0920. The first-order valence-electron chi connectivity index (χ1n) is 5.73. The van der Waals surface area contributed by atoms with Crippen LogP contribution in [0.25, 0.3) is 0 Å². The number of carbonyl (C=O) groups is 1. The summed E-state index contributed by atoms with van der Waals surface area (Å²) in [6.07, 6.45) is 1.32. The molecular weight excluding hydrogens is 219 g/mol. The maximum atomic E-state index is 13.2. The van der Waals surface area contributed by atoms with Gasteiger partial charge in [0.05, 0.1) is 5.56 Å². The predicted molar refractivity (Wildman–Crippen MR) is 65.1 cm³/mol. The summed E-state index contributed by atoms with van der Waals surface area (Å²) < 4.78 is 13.2. The minimum Gasteiger partial charge on any atom is -0.351 e. The van der Waals surface area contributed by atoms with Gasteiger partial charge in [0.25, 0.3) is 5.91 Å². The number of halogens is 1. The maximum absolute atomic E-state index is 13.2. The van der Waals surface area contributed by atoms with E-state index in [2.05, 4.69) is 38.0 Å². The monoisotopic (exact) mass is 238 g/mol. The van der Waals surface area contributed by atoms with Gasteiger partial charge in [-0.3, -0.25) is 4.79 Å². The first kappa shape index (κ1) is 13.6. The molecule has 0 aliphatic carbocycles. The van der Waals surface area contributed by atoms with Crippen molar-refractivity contribution in [3.63, 3.8) is 0 Å². The Labute approximate surface area is 101 Å². The maximum Gasteiger partial charge on any atom is 0.255 e. The van der Waals surface area contributed by atoms with Crippen molar-refractivity contribution in [1.29, 1.82) is 0 Å². The van der Waals surface area contributed by atoms with Crippen molar-refractivity contribution in [3.8, 4) is 0 Å². The minimum absolute atomic E-state index is 0.00736. The van der Waals surface area contributed by atoms with E-state index in [4.69, 9.17) is 0 Å². The number of hydrogen-bond donors (Lipinski definition) is 1. The zero-order chi connectivity index (χ0) is 13.1. The van der Waals surface area contributed by atoms with Crippen LogP contribution in [0, 0.1) is 17.3 Å². The molecule has 0 radical (unpaired) electrons. The molecule has 0 spiro atoms. The Morgan fingerprint density at radius 2 is 2.18 bits per heavy atom. The van der Waals surface area contributed by atoms with Crippen molar-refractivity contribution in [3.05, 3.63) is 29.8 Å². The lowest BCUT2D eigenvalue weighted by Crippen LogP contribution is -2.37. The third-order valence-corrected chi connectivity index (χ3v) is 3.27. The van der Waals surface area contributed by atoms with Crippen LogP contribution in [0.15, 0.2) is 18.3 Å². The molecule has 1 aromatic heterocycles. The fourth-order valence-electron chi connectivity index (χ4n) is 1.16. The highest BCUT2D eigenvalue weighted by molar-refractivity contribution is 5.94. The van der Waals surface area contributed by atoms with E-state index in [1.807, 2.05) is 0 Å². The van der Waals surface area contributed by atoms with Crippen molar-refractivity contribution in [1.82, 2.24) is 10.3 Å². The van der Waals surface area contributed by atoms with E-state index in [1.165, 1.54) is 12.3 Å². The molecule has 0 aliphatic heterocycles. The van der Waals surface area contributed by atoms with E-state index >= 15 is 0 Å². The van der Waals surface area contributed by atoms with E-state index < -0.39 is 11.9 Å². The molecule has 4 heteroatoms. The number of nitrogens with one attached hydrogen (secondary N) is 1. The predicted octanol–water partition coefficient (Wildman–Crippen LogP) is 2.63. The van der Waals surface area contributed by atoms with Gasteiger partial charge in [0.1, 0.15) is 0 Å². The number of aromatic nitrogens is 1. The van der Waals surface area contributed by atoms with Gasteiger partial charge < -0.3 is 5.32 Å². The molecule has 0 fully saturated rings. The molecule has 0 unspecified atom stereocenters. The standard InChI is InChI=1S/C13H19FN2O/c1-9(2)13(3,4)8-16-12(17)10-6-5-7-15-11(10)14/h5-7,9H,8H2,1-4H3,(H,16,17). The molecule has 17 heavy (non-hydrogen) atoms. The van der Waals surface area contributed by atoms with Crippen molar-refractivity contribution in [2.24, 2.45) is 11.3 Å². The van der Waals surface area contributed by atoms with Gasteiger partial charge in [-0.1, -0.05) is 27.7 Å². The molecule has 1 rings (SSSR count). The van der Waals surface area contributed by atoms with E-state index in [-0.39, 0.29) is 11.0 Å². The number of rotatable bonds is 4. The Balaban J connectivity index is 2.66. The highest BCUT2D eigenvalue weighted by Gasteiger charge is 2.23. The van der Waals surface area contributed by atoms with Crippen LogP contribution in [0.3, 0.4) is 0 Å². The van der Waals surface area contributed by atoms with E-state index in [0.29, 0.717) is 12.5 Å². The third-order valence-electron chi connectivity index (χ3n) is 3.27. The summed E-state index contributed by atoms with van der Waals surface area (Å²) in [6, 6.07) is 2.98. The Hall–Kier alpha value is -1.45. The van der Waals surface area contributed by atoms with Gasteiger partial charge in [0.15, 0.2) is 0 Å². The van der Waals surface area contributed by atoms with Crippen LogP contribution in [0.2, 0.25) is 0 Å². The molecule has 1 amide bonds. The second-order valence-corrected chi connectivity index (χ2v) is 5.17. The smallest absolute Gasteiger partial charge is 0.255 e. The number of carbonyl (C=O) groups excluding carboxylic acids is 1. The van der Waals surface area contributed by atoms with E-state index in [1.54, 1.807) is 6.07 Å². The lowest BCUT2D eigenvalue weighted by atomic mass is 9.81. The van der Waals surface area contributed by atoms with Gasteiger partial charge in [0, 0.05) is 12.7 Å². The highest BCUT2D eigenvalue weighted by atomic mass is 19.1. The van der Waals surface area contributed by atoms with Crippen LogP contribution >= 0.6 is 0 Å². The Morgan fingerprint density at radius 3 is 2.71 bits per heavy atom. The van der Waals surface area contributed by atoms with Crippen molar-refractivity contribution in [2.45, 2.75) is 27.7 Å². The van der Waals surface area contributed by atoms with Crippen LogP contribution in [-0.4, -0.2) is 17.4 Å². The number of pyridine rings is 1. The number of hydrogen-bond acceptors (Lipinski definition) is 2. The van der Waals surface area contributed by atoms with Gasteiger partial charge in [-0.2, -0.15) is 4.39 Å². The summed E-state index contributed by atoms with van der Waals surface area (Å²) >= 11 is 0. The number of amides is 1. The van der Waals surface area contributed by atoms with Crippen LogP contribution in [0.4, 0.5) is 4.39 Å². The first-order valence-corrected chi connectivity index (χ1v) is 5.73. The summed E-state index contributed by atoms with van der Waals surface area (Å²) in [5.74, 6) is -0.710. The Kier molecular flexibility index (Phi) is 4.21. The minimum atomic E-state index is -0.729. The topological polar surface area (TPSA) is 42.0 Å². The first-order chi connectivity index (χ1) is 7.84. The molecule has 1 aromatic rings. The average Bonchev–Trinajstić information content (AvgIpc) is 2.26. The summed E-state index contributed by atoms with van der Waals surface area (Å²) in [7, 11) is 0. The molecule has 0 bridgehead atoms. The third kappa shape index (κ3) is 3.51. The molecule has 1 heterocycles. The van der Waals surface area contributed by atoms with E-state index in [0.717, 1.165) is 0 Å². The van der Waals surface area contributed by atoms with Crippen molar-refractivity contribution < 1.29 is 9.18 Å².